The summed E-state index contributed by atoms with van der Waals surface area (Å²) >= 11 is 5.91. The van der Waals surface area contributed by atoms with Crippen LogP contribution in [0, 0.1) is 0 Å². The first-order chi connectivity index (χ1) is 12.5. The number of halogens is 1. The van der Waals surface area contributed by atoms with Gasteiger partial charge in [0.1, 0.15) is 12.3 Å². The zero-order chi connectivity index (χ0) is 18.7. The number of anilines is 1. The van der Waals surface area contributed by atoms with Crippen LogP contribution in [0.1, 0.15) is 11.7 Å². The molecule has 1 heterocycles. The third kappa shape index (κ3) is 3.66. The fraction of sp³-hybridized carbons (Fsp3) is 0.263. The van der Waals surface area contributed by atoms with Gasteiger partial charge < -0.3 is 19.6 Å². The minimum Gasteiger partial charge on any atom is -0.495 e. The number of piperazine rings is 1. The van der Waals surface area contributed by atoms with Crippen LogP contribution in [-0.4, -0.2) is 48.6 Å². The van der Waals surface area contributed by atoms with Crippen LogP contribution < -0.4 is 9.64 Å². The number of aliphatic hydroxyl groups is 1. The van der Waals surface area contributed by atoms with Crippen molar-refractivity contribution in [2.24, 2.45) is 0 Å². The first-order valence-electron chi connectivity index (χ1n) is 8.17. The number of hydrogen-bond donors (Lipinski definition) is 1. The molecule has 136 valence electrons. The van der Waals surface area contributed by atoms with Gasteiger partial charge in [-0.3, -0.25) is 9.59 Å². The predicted octanol–water partition coefficient (Wildman–Crippen LogP) is 2.26. The number of carbonyl (C=O) groups excluding carboxylic acids is 2. The maximum Gasteiger partial charge on any atom is 0.256 e. The zero-order valence-corrected chi connectivity index (χ0v) is 15.0. The van der Waals surface area contributed by atoms with E-state index < -0.39 is 12.0 Å². The molecule has 2 aromatic rings. The van der Waals surface area contributed by atoms with Gasteiger partial charge in [-0.25, -0.2) is 0 Å². The molecule has 1 aliphatic rings. The number of benzene rings is 2. The molecule has 6 nitrogen and oxygen atoms in total. The van der Waals surface area contributed by atoms with E-state index in [0.717, 1.165) is 0 Å². The SMILES string of the molecule is COc1ccccc1N1CCN(C(=O)[C@H](O)c2cccc(Cl)c2)CC1=O. The van der Waals surface area contributed by atoms with Gasteiger partial charge in [-0.1, -0.05) is 35.9 Å². The topological polar surface area (TPSA) is 70.1 Å². The van der Waals surface area contributed by atoms with Gasteiger partial charge in [0.25, 0.3) is 5.91 Å². The number of carbonyl (C=O) groups is 2. The van der Waals surface area contributed by atoms with Crippen molar-refractivity contribution in [1.29, 1.82) is 0 Å². The van der Waals surface area contributed by atoms with Crippen molar-refractivity contribution < 1.29 is 19.4 Å². The first-order valence-corrected chi connectivity index (χ1v) is 8.54. The summed E-state index contributed by atoms with van der Waals surface area (Å²) in [6, 6.07) is 13.7. The summed E-state index contributed by atoms with van der Waals surface area (Å²) in [5, 5.41) is 10.8. The molecule has 1 saturated heterocycles. The normalized spacial score (nSPS) is 15.7. The van der Waals surface area contributed by atoms with Crippen molar-refractivity contribution >= 4 is 29.1 Å². The molecule has 0 aromatic heterocycles. The zero-order valence-electron chi connectivity index (χ0n) is 14.3. The minimum absolute atomic E-state index is 0.103. The van der Waals surface area contributed by atoms with Gasteiger partial charge in [0.15, 0.2) is 6.10 Å². The van der Waals surface area contributed by atoms with Crippen molar-refractivity contribution in [3.8, 4) is 5.75 Å². The Labute approximate surface area is 156 Å². The summed E-state index contributed by atoms with van der Waals surface area (Å²) in [7, 11) is 1.55. The maximum absolute atomic E-state index is 12.6. The quantitative estimate of drug-likeness (QED) is 0.891. The van der Waals surface area contributed by atoms with Gasteiger partial charge in [0, 0.05) is 18.1 Å². The minimum atomic E-state index is -1.35. The van der Waals surface area contributed by atoms with E-state index in [1.54, 1.807) is 42.3 Å². The van der Waals surface area contributed by atoms with Crippen LogP contribution in [0.4, 0.5) is 5.69 Å². The van der Waals surface area contributed by atoms with Crippen LogP contribution in [0.5, 0.6) is 5.75 Å². The van der Waals surface area contributed by atoms with Crippen molar-refractivity contribution in [1.82, 2.24) is 4.90 Å². The lowest BCUT2D eigenvalue weighted by atomic mass is 10.1. The highest BCUT2D eigenvalue weighted by Crippen LogP contribution is 2.29. The average Bonchev–Trinajstić information content (AvgIpc) is 2.66. The molecule has 1 atom stereocenters. The molecule has 1 aliphatic heterocycles. The number of hydrogen-bond acceptors (Lipinski definition) is 4. The predicted molar refractivity (Wildman–Crippen MR) is 98.3 cm³/mol. The molecule has 7 heteroatoms. The number of methoxy groups -OCH3 is 1. The number of aliphatic hydroxyl groups excluding tert-OH is 1. The first kappa shape index (κ1) is 18.2. The van der Waals surface area contributed by atoms with Crippen LogP contribution in [0.2, 0.25) is 5.02 Å². The van der Waals surface area contributed by atoms with Gasteiger partial charge in [0.05, 0.1) is 12.8 Å². The summed E-state index contributed by atoms with van der Waals surface area (Å²) in [5.41, 5.74) is 1.07. The van der Waals surface area contributed by atoms with Gasteiger partial charge in [-0.05, 0) is 29.8 Å². The number of para-hydroxylation sites is 2. The summed E-state index contributed by atoms with van der Waals surface area (Å²) < 4.78 is 5.30. The molecule has 0 saturated carbocycles. The van der Waals surface area contributed by atoms with E-state index in [1.165, 1.54) is 11.0 Å². The van der Waals surface area contributed by atoms with E-state index in [0.29, 0.717) is 35.1 Å². The highest BCUT2D eigenvalue weighted by atomic mass is 35.5. The van der Waals surface area contributed by atoms with E-state index in [4.69, 9.17) is 16.3 Å². The number of rotatable bonds is 4. The fourth-order valence-electron chi connectivity index (χ4n) is 2.96. The second-order valence-corrected chi connectivity index (χ2v) is 6.37. The van der Waals surface area contributed by atoms with Gasteiger partial charge >= 0.3 is 0 Å². The standard InChI is InChI=1S/C19H19ClN2O4/c1-26-16-8-3-2-7-15(16)22-10-9-21(12-17(22)23)19(25)18(24)13-5-4-6-14(20)11-13/h2-8,11,18,24H,9-10,12H2,1H3/t18-/m1/s1. The number of ether oxygens (including phenoxy) is 1. The molecule has 0 unspecified atom stereocenters. The Morgan fingerprint density at radius 1 is 1.19 bits per heavy atom. The van der Waals surface area contributed by atoms with Crippen LogP contribution in [-0.2, 0) is 9.59 Å². The average molecular weight is 375 g/mol. The van der Waals surface area contributed by atoms with Crippen LogP contribution in [0.25, 0.3) is 0 Å². The largest absolute Gasteiger partial charge is 0.495 e. The second kappa shape index (κ2) is 7.76. The monoisotopic (exact) mass is 374 g/mol. The van der Waals surface area contributed by atoms with Crippen LogP contribution >= 0.6 is 11.6 Å². The van der Waals surface area contributed by atoms with Crippen molar-refractivity contribution in [2.75, 3.05) is 31.6 Å². The number of nitrogens with zero attached hydrogens (tertiary/aromatic N) is 2. The van der Waals surface area contributed by atoms with Crippen LogP contribution in [0.3, 0.4) is 0 Å². The van der Waals surface area contributed by atoms with Gasteiger partial charge in [-0.15, -0.1) is 0 Å². The molecule has 0 aliphatic carbocycles. The van der Waals surface area contributed by atoms with Crippen molar-refractivity contribution in [2.45, 2.75) is 6.10 Å². The summed E-state index contributed by atoms with van der Waals surface area (Å²) in [6.07, 6.45) is -1.35. The molecule has 1 N–H and O–H groups in total. The summed E-state index contributed by atoms with van der Waals surface area (Å²) in [6.45, 7) is 0.544. The molecule has 0 radical (unpaired) electrons. The Kier molecular flexibility index (Phi) is 5.44. The van der Waals surface area contributed by atoms with Crippen molar-refractivity contribution in [3.63, 3.8) is 0 Å². The molecule has 1 fully saturated rings. The summed E-state index contributed by atoms with van der Waals surface area (Å²) in [4.78, 5) is 28.1. The van der Waals surface area contributed by atoms with E-state index in [-0.39, 0.29) is 12.5 Å². The van der Waals surface area contributed by atoms with E-state index in [1.807, 2.05) is 12.1 Å². The maximum atomic E-state index is 12.6. The highest BCUT2D eigenvalue weighted by Gasteiger charge is 2.32. The lowest BCUT2D eigenvalue weighted by molar-refractivity contribution is -0.144. The van der Waals surface area contributed by atoms with Gasteiger partial charge in [-0.2, -0.15) is 0 Å². The lowest BCUT2D eigenvalue weighted by Crippen LogP contribution is -2.53. The Hall–Kier alpha value is -2.57. The molecular weight excluding hydrogens is 356 g/mol. The molecule has 0 bridgehead atoms. The number of amides is 2. The Balaban J connectivity index is 1.72. The Morgan fingerprint density at radius 3 is 2.65 bits per heavy atom. The molecule has 2 aromatic carbocycles. The Bertz CT molecular complexity index is 827. The molecule has 0 spiro atoms. The summed E-state index contributed by atoms with van der Waals surface area (Å²) in [5.74, 6) is -0.146. The molecule has 2 amide bonds. The molecule has 3 rings (SSSR count). The van der Waals surface area contributed by atoms with E-state index in [2.05, 4.69) is 0 Å². The fourth-order valence-corrected chi connectivity index (χ4v) is 3.16. The Morgan fingerprint density at radius 2 is 1.96 bits per heavy atom. The van der Waals surface area contributed by atoms with Gasteiger partial charge in [0.2, 0.25) is 5.91 Å². The molecule has 26 heavy (non-hydrogen) atoms. The van der Waals surface area contributed by atoms with E-state index >= 15 is 0 Å². The third-order valence-corrected chi connectivity index (χ3v) is 4.54. The lowest BCUT2D eigenvalue weighted by Gasteiger charge is -2.35. The van der Waals surface area contributed by atoms with Crippen LogP contribution in [0.15, 0.2) is 48.5 Å². The van der Waals surface area contributed by atoms with E-state index in [9.17, 15) is 14.7 Å². The highest BCUT2D eigenvalue weighted by molar-refractivity contribution is 6.30. The third-order valence-electron chi connectivity index (χ3n) is 4.31. The second-order valence-electron chi connectivity index (χ2n) is 5.93. The molecular formula is C19H19ClN2O4. The van der Waals surface area contributed by atoms with Crippen molar-refractivity contribution in [3.05, 3.63) is 59.1 Å². The smallest absolute Gasteiger partial charge is 0.256 e.